The van der Waals surface area contributed by atoms with Crippen molar-refractivity contribution < 1.29 is 13.9 Å². The minimum Gasteiger partial charge on any atom is -0.489 e. The fourth-order valence-electron chi connectivity index (χ4n) is 4.61. The summed E-state index contributed by atoms with van der Waals surface area (Å²) in [5.41, 5.74) is 4.28. The molecule has 0 saturated carbocycles. The average molecular weight is 510 g/mol. The van der Waals surface area contributed by atoms with Gasteiger partial charge in [0.05, 0.1) is 17.0 Å². The van der Waals surface area contributed by atoms with Crippen LogP contribution in [0.15, 0.2) is 75.9 Å². The van der Waals surface area contributed by atoms with Gasteiger partial charge in [0.2, 0.25) is 10.9 Å². The normalized spacial score (nSPS) is 14.8. The fraction of sp³-hybridized carbons (Fsp3) is 0.172. The number of hydrogen-bond acceptors (Lipinski definition) is 7. The van der Waals surface area contributed by atoms with Crippen LogP contribution in [0.5, 0.6) is 5.75 Å². The molecular formula is C29H23N3O4S. The summed E-state index contributed by atoms with van der Waals surface area (Å²) < 4.78 is 12.0. The minimum absolute atomic E-state index is 0.0445. The van der Waals surface area contributed by atoms with Crippen molar-refractivity contribution in [2.24, 2.45) is 0 Å². The Balaban J connectivity index is 1.45. The Labute approximate surface area is 217 Å². The van der Waals surface area contributed by atoms with Crippen molar-refractivity contribution in [2.45, 2.75) is 33.4 Å². The smallest absolute Gasteiger partial charge is 0.297 e. The summed E-state index contributed by atoms with van der Waals surface area (Å²) in [6.07, 6.45) is 0. The van der Waals surface area contributed by atoms with Crippen LogP contribution in [0.4, 0.5) is 5.13 Å². The molecule has 0 fully saturated rings. The van der Waals surface area contributed by atoms with Crippen LogP contribution in [0.3, 0.4) is 0 Å². The molecule has 1 atom stereocenters. The summed E-state index contributed by atoms with van der Waals surface area (Å²) >= 11 is 1.30. The zero-order valence-electron chi connectivity index (χ0n) is 20.5. The van der Waals surface area contributed by atoms with Crippen LogP contribution in [0, 0.1) is 20.8 Å². The molecule has 1 aliphatic heterocycles. The third-order valence-corrected chi connectivity index (χ3v) is 7.49. The van der Waals surface area contributed by atoms with Gasteiger partial charge in [0.1, 0.15) is 22.9 Å². The Hall–Kier alpha value is -4.30. The molecule has 7 nitrogen and oxygen atoms in total. The molecule has 3 aromatic carbocycles. The van der Waals surface area contributed by atoms with E-state index in [-0.39, 0.29) is 11.2 Å². The van der Waals surface area contributed by atoms with Gasteiger partial charge in [-0.15, -0.1) is 10.2 Å². The lowest BCUT2D eigenvalue weighted by Crippen LogP contribution is -2.29. The van der Waals surface area contributed by atoms with E-state index in [1.807, 2.05) is 87.5 Å². The van der Waals surface area contributed by atoms with Gasteiger partial charge in [0.15, 0.2) is 5.43 Å². The first-order valence-electron chi connectivity index (χ1n) is 11.9. The average Bonchev–Trinajstić information content (AvgIpc) is 3.46. The molecule has 3 heterocycles. The van der Waals surface area contributed by atoms with E-state index in [4.69, 9.17) is 9.15 Å². The molecule has 0 aliphatic carbocycles. The number of carbonyl (C=O) groups is 1. The monoisotopic (exact) mass is 509 g/mol. The van der Waals surface area contributed by atoms with E-state index in [1.165, 1.54) is 16.2 Å². The highest BCUT2D eigenvalue weighted by Crippen LogP contribution is 2.42. The van der Waals surface area contributed by atoms with Gasteiger partial charge < -0.3 is 9.15 Å². The van der Waals surface area contributed by atoms with Crippen LogP contribution in [0.25, 0.3) is 11.0 Å². The highest BCUT2D eigenvalue weighted by Gasteiger charge is 2.45. The van der Waals surface area contributed by atoms with E-state index >= 15 is 0 Å². The second-order valence-electron chi connectivity index (χ2n) is 9.13. The molecule has 8 heteroatoms. The summed E-state index contributed by atoms with van der Waals surface area (Å²) in [6, 6.07) is 20.3. The Morgan fingerprint density at radius 3 is 2.38 bits per heavy atom. The second-order valence-corrected chi connectivity index (χ2v) is 10.3. The number of amides is 1. The van der Waals surface area contributed by atoms with E-state index < -0.39 is 11.9 Å². The molecule has 184 valence electrons. The first-order valence-corrected chi connectivity index (χ1v) is 12.7. The van der Waals surface area contributed by atoms with Crippen molar-refractivity contribution in [3.05, 3.63) is 116 Å². The zero-order chi connectivity index (χ0) is 25.7. The topological polar surface area (TPSA) is 85.5 Å². The largest absolute Gasteiger partial charge is 0.489 e. The van der Waals surface area contributed by atoms with Gasteiger partial charge in [-0.3, -0.25) is 14.5 Å². The van der Waals surface area contributed by atoms with Crippen molar-refractivity contribution in [3.8, 4) is 5.75 Å². The number of carbonyl (C=O) groups excluding carboxylic acids is 1. The first kappa shape index (κ1) is 23.1. The maximum Gasteiger partial charge on any atom is 0.297 e. The summed E-state index contributed by atoms with van der Waals surface area (Å²) in [5, 5.41) is 9.91. The molecule has 5 aromatic rings. The van der Waals surface area contributed by atoms with Crippen molar-refractivity contribution >= 4 is 33.3 Å². The highest BCUT2D eigenvalue weighted by molar-refractivity contribution is 7.15. The van der Waals surface area contributed by atoms with Gasteiger partial charge in [0, 0.05) is 0 Å². The van der Waals surface area contributed by atoms with Gasteiger partial charge >= 0.3 is 0 Å². The van der Waals surface area contributed by atoms with E-state index in [2.05, 4.69) is 10.2 Å². The molecule has 1 amide bonds. The van der Waals surface area contributed by atoms with Crippen molar-refractivity contribution in [1.82, 2.24) is 10.2 Å². The Morgan fingerprint density at radius 2 is 1.68 bits per heavy atom. The third kappa shape index (κ3) is 3.99. The molecule has 1 aliphatic rings. The van der Waals surface area contributed by atoms with Crippen molar-refractivity contribution in [1.29, 1.82) is 0 Å². The third-order valence-electron chi connectivity index (χ3n) is 6.65. The van der Waals surface area contributed by atoms with E-state index in [0.29, 0.717) is 34.0 Å². The molecule has 2 aromatic heterocycles. The second kappa shape index (κ2) is 8.97. The molecule has 0 radical (unpaired) electrons. The van der Waals surface area contributed by atoms with Crippen molar-refractivity contribution in [3.63, 3.8) is 0 Å². The molecule has 37 heavy (non-hydrogen) atoms. The number of aryl methyl sites for hydroxylation is 3. The van der Waals surface area contributed by atoms with E-state index in [9.17, 15) is 9.59 Å². The van der Waals surface area contributed by atoms with Crippen LogP contribution in [-0.2, 0) is 6.61 Å². The Bertz CT molecular complexity index is 1710. The minimum atomic E-state index is -0.694. The van der Waals surface area contributed by atoms with E-state index in [0.717, 1.165) is 27.3 Å². The number of anilines is 1. The molecule has 0 N–H and O–H groups in total. The standard InChI is InChI=1S/C29H23N3O4S/c1-16-13-22-23(14-17(16)2)36-27-24(26(22)33)25(32(28(27)34)29-31-30-18(3)37-29)20-9-11-21(12-10-20)35-15-19-7-5-4-6-8-19/h4-14,25H,15H2,1-3H3. The summed E-state index contributed by atoms with van der Waals surface area (Å²) in [4.78, 5) is 29.0. The number of nitrogens with zero attached hydrogens (tertiary/aromatic N) is 3. The van der Waals surface area contributed by atoms with Gasteiger partial charge in [-0.25, -0.2) is 0 Å². The maximum absolute atomic E-state index is 13.8. The summed E-state index contributed by atoms with van der Waals surface area (Å²) in [5.74, 6) is 0.327. The van der Waals surface area contributed by atoms with Gasteiger partial charge in [-0.1, -0.05) is 53.8 Å². The number of ether oxygens (including phenoxy) is 1. The maximum atomic E-state index is 13.8. The quantitative estimate of drug-likeness (QED) is 0.293. The van der Waals surface area contributed by atoms with Crippen LogP contribution >= 0.6 is 11.3 Å². The fourth-order valence-corrected chi connectivity index (χ4v) is 5.33. The summed E-state index contributed by atoms with van der Waals surface area (Å²) in [6.45, 7) is 6.17. The Kier molecular flexibility index (Phi) is 5.61. The Morgan fingerprint density at radius 1 is 0.946 bits per heavy atom. The zero-order valence-corrected chi connectivity index (χ0v) is 21.3. The number of aromatic nitrogens is 2. The first-order chi connectivity index (χ1) is 17.9. The molecular weight excluding hydrogens is 486 g/mol. The number of fused-ring (bicyclic) bond motifs is 2. The lowest BCUT2D eigenvalue weighted by molar-refractivity contribution is 0.0970. The molecule has 0 saturated heterocycles. The molecule has 6 rings (SSSR count). The lowest BCUT2D eigenvalue weighted by atomic mass is 9.97. The molecule has 0 spiro atoms. The SMILES string of the molecule is Cc1nnc(N2C(=O)c3oc4cc(C)c(C)cc4c(=O)c3C2c2ccc(OCc3ccccc3)cc2)s1. The van der Waals surface area contributed by atoms with Gasteiger partial charge in [-0.2, -0.15) is 0 Å². The van der Waals surface area contributed by atoms with Crippen LogP contribution < -0.4 is 15.1 Å². The van der Waals surface area contributed by atoms with Crippen LogP contribution in [0.2, 0.25) is 0 Å². The van der Waals surface area contributed by atoms with Gasteiger partial charge in [-0.05, 0) is 67.3 Å². The predicted molar refractivity (Wildman–Crippen MR) is 142 cm³/mol. The van der Waals surface area contributed by atoms with Gasteiger partial charge in [0.25, 0.3) is 5.91 Å². The van der Waals surface area contributed by atoms with Crippen molar-refractivity contribution in [2.75, 3.05) is 4.90 Å². The highest BCUT2D eigenvalue weighted by atomic mass is 32.1. The van der Waals surface area contributed by atoms with Crippen LogP contribution in [0.1, 0.15) is 49.4 Å². The number of rotatable bonds is 5. The summed E-state index contributed by atoms with van der Waals surface area (Å²) in [7, 11) is 0. The number of benzene rings is 3. The lowest BCUT2D eigenvalue weighted by Gasteiger charge is -2.22. The van der Waals surface area contributed by atoms with E-state index in [1.54, 1.807) is 0 Å². The van der Waals surface area contributed by atoms with Crippen LogP contribution in [-0.4, -0.2) is 16.1 Å². The number of hydrogen-bond donors (Lipinski definition) is 0. The molecule has 1 unspecified atom stereocenters. The molecule has 0 bridgehead atoms. The predicted octanol–water partition coefficient (Wildman–Crippen LogP) is 5.90.